The molecule has 2 amide bonds. The van der Waals surface area contributed by atoms with Gasteiger partial charge in [0, 0.05) is 0 Å². The van der Waals surface area contributed by atoms with E-state index in [1.54, 1.807) is 6.07 Å². The lowest BCUT2D eigenvalue weighted by atomic mass is 9.95. The molecule has 0 spiro atoms. The monoisotopic (exact) mass is 392 g/mol. The molecule has 0 saturated carbocycles. The minimum atomic E-state index is -0.489. The van der Waals surface area contributed by atoms with Crippen molar-refractivity contribution in [1.29, 1.82) is 0 Å². The Hall–Kier alpha value is -3.74. The number of hydrogen-bond donors (Lipinski definition) is 3. The van der Waals surface area contributed by atoms with Crippen LogP contribution >= 0.6 is 0 Å². The summed E-state index contributed by atoms with van der Waals surface area (Å²) in [6, 6.07) is 16.3. The zero-order chi connectivity index (χ0) is 20.8. The molecule has 0 unspecified atom stereocenters. The van der Waals surface area contributed by atoms with Crippen LogP contribution in [0.25, 0.3) is 0 Å². The van der Waals surface area contributed by atoms with Crippen LogP contribution < -0.4 is 16.4 Å². The van der Waals surface area contributed by atoms with Crippen molar-refractivity contribution in [1.82, 2.24) is 4.98 Å². The van der Waals surface area contributed by atoms with Crippen molar-refractivity contribution in [2.45, 2.75) is 19.3 Å². The van der Waals surface area contributed by atoms with Gasteiger partial charge in [0.05, 0.1) is 29.2 Å². The zero-order valence-corrected chi connectivity index (χ0v) is 15.9. The molecule has 4 N–H and O–H groups in total. The molecule has 0 saturated heterocycles. The predicted molar refractivity (Wildman–Crippen MR) is 111 cm³/mol. The Bertz CT molecular complexity index is 1010. The SMILES string of the molecule is CC[C@@H](C(=O)Nc1ccc(C(=O)Nc2ccc(F)cc2N)nc1)c1ccccc1. The smallest absolute Gasteiger partial charge is 0.274 e. The fourth-order valence-corrected chi connectivity index (χ4v) is 2.92. The Kier molecular flexibility index (Phi) is 6.19. The summed E-state index contributed by atoms with van der Waals surface area (Å²) in [5.41, 5.74) is 7.68. The maximum absolute atomic E-state index is 13.1. The highest BCUT2D eigenvalue weighted by molar-refractivity contribution is 6.04. The van der Waals surface area contributed by atoms with E-state index in [1.165, 1.54) is 24.4 Å². The van der Waals surface area contributed by atoms with Crippen LogP contribution in [0.3, 0.4) is 0 Å². The van der Waals surface area contributed by atoms with E-state index in [1.807, 2.05) is 37.3 Å². The van der Waals surface area contributed by atoms with Gasteiger partial charge in [-0.3, -0.25) is 9.59 Å². The average molecular weight is 392 g/mol. The van der Waals surface area contributed by atoms with Crippen molar-refractivity contribution in [2.75, 3.05) is 16.4 Å². The van der Waals surface area contributed by atoms with Gasteiger partial charge in [0.15, 0.2) is 0 Å². The van der Waals surface area contributed by atoms with Crippen LogP contribution in [-0.4, -0.2) is 16.8 Å². The van der Waals surface area contributed by atoms with E-state index < -0.39 is 11.7 Å². The lowest BCUT2D eigenvalue weighted by molar-refractivity contribution is -0.117. The Balaban J connectivity index is 1.66. The second-order valence-corrected chi connectivity index (χ2v) is 6.48. The number of amides is 2. The van der Waals surface area contributed by atoms with Crippen molar-refractivity contribution in [3.8, 4) is 0 Å². The molecule has 7 heteroatoms. The van der Waals surface area contributed by atoms with Gasteiger partial charge in [-0.2, -0.15) is 0 Å². The number of nitrogens with one attached hydrogen (secondary N) is 2. The van der Waals surface area contributed by atoms with Gasteiger partial charge in [-0.25, -0.2) is 9.37 Å². The lowest BCUT2D eigenvalue weighted by Gasteiger charge is -2.15. The van der Waals surface area contributed by atoms with E-state index in [9.17, 15) is 14.0 Å². The highest BCUT2D eigenvalue weighted by atomic mass is 19.1. The predicted octanol–water partition coefficient (Wildman–Crippen LogP) is 4.19. The minimum absolute atomic E-state index is 0.119. The standard InChI is InChI=1S/C22H21FN4O2/c1-2-17(14-6-4-3-5-7-14)21(28)26-16-9-11-20(25-13-16)22(29)27-19-10-8-15(23)12-18(19)24/h3-13,17H,2,24H2,1H3,(H,26,28)(H,27,29)/t17-/m1/s1. The summed E-state index contributed by atoms with van der Waals surface area (Å²) in [6.45, 7) is 1.95. The van der Waals surface area contributed by atoms with Gasteiger partial charge in [0.25, 0.3) is 5.91 Å². The third kappa shape index (κ3) is 4.95. The number of halogens is 1. The Morgan fingerprint density at radius 2 is 1.83 bits per heavy atom. The van der Waals surface area contributed by atoms with E-state index in [2.05, 4.69) is 15.6 Å². The maximum Gasteiger partial charge on any atom is 0.274 e. The molecule has 0 fully saturated rings. The van der Waals surface area contributed by atoms with Gasteiger partial charge in [-0.1, -0.05) is 37.3 Å². The molecular weight excluding hydrogens is 371 g/mol. The van der Waals surface area contributed by atoms with Crippen molar-refractivity contribution in [3.05, 3.63) is 83.9 Å². The second-order valence-electron chi connectivity index (χ2n) is 6.48. The third-order valence-corrected chi connectivity index (χ3v) is 4.45. The van der Waals surface area contributed by atoms with E-state index in [0.717, 1.165) is 11.6 Å². The van der Waals surface area contributed by atoms with Gasteiger partial charge in [-0.05, 0) is 42.3 Å². The number of aromatic nitrogens is 1. The van der Waals surface area contributed by atoms with Crippen molar-refractivity contribution in [3.63, 3.8) is 0 Å². The van der Waals surface area contributed by atoms with E-state index in [4.69, 9.17) is 5.73 Å². The topological polar surface area (TPSA) is 97.1 Å². The maximum atomic E-state index is 13.1. The fourth-order valence-electron chi connectivity index (χ4n) is 2.92. The normalized spacial score (nSPS) is 11.5. The van der Waals surface area contributed by atoms with Crippen LogP contribution in [0.15, 0.2) is 66.9 Å². The quantitative estimate of drug-likeness (QED) is 0.548. The van der Waals surface area contributed by atoms with Crippen LogP contribution in [0, 0.1) is 5.82 Å². The molecule has 3 aromatic rings. The molecule has 0 aliphatic heterocycles. The van der Waals surface area contributed by atoms with Crippen molar-refractivity contribution < 1.29 is 14.0 Å². The Labute approximate surface area is 168 Å². The number of anilines is 3. The molecule has 0 bridgehead atoms. The molecule has 0 aliphatic rings. The Morgan fingerprint density at radius 3 is 2.45 bits per heavy atom. The zero-order valence-electron chi connectivity index (χ0n) is 15.9. The molecule has 6 nitrogen and oxygen atoms in total. The molecular formula is C22H21FN4O2. The van der Waals surface area contributed by atoms with E-state index in [-0.39, 0.29) is 23.2 Å². The number of pyridine rings is 1. The summed E-state index contributed by atoms with van der Waals surface area (Å²) >= 11 is 0. The Morgan fingerprint density at radius 1 is 1.07 bits per heavy atom. The molecule has 1 aromatic heterocycles. The highest BCUT2D eigenvalue weighted by Crippen LogP contribution is 2.22. The molecule has 0 aliphatic carbocycles. The fraction of sp³-hybridized carbons (Fsp3) is 0.136. The number of nitrogens with zero attached hydrogens (tertiary/aromatic N) is 1. The van der Waals surface area contributed by atoms with Gasteiger partial charge in [0.1, 0.15) is 11.5 Å². The van der Waals surface area contributed by atoms with Gasteiger partial charge >= 0.3 is 0 Å². The summed E-state index contributed by atoms with van der Waals surface area (Å²) < 4.78 is 13.1. The minimum Gasteiger partial charge on any atom is -0.397 e. The molecule has 1 atom stereocenters. The number of carbonyl (C=O) groups is 2. The first kappa shape index (κ1) is 20.0. The van der Waals surface area contributed by atoms with E-state index in [0.29, 0.717) is 17.8 Å². The summed E-state index contributed by atoms with van der Waals surface area (Å²) in [6.07, 6.45) is 2.07. The van der Waals surface area contributed by atoms with Crippen LogP contribution in [0.4, 0.5) is 21.5 Å². The van der Waals surface area contributed by atoms with Crippen LogP contribution in [-0.2, 0) is 4.79 Å². The molecule has 148 valence electrons. The highest BCUT2D eigenvalue weighted by Gasteiger charge is 2.19. The van der Waals surface area contributed by atoms with Crippen molar-refractivity contribution in [2.24, 2.45) is 0 Å². The van der Waals surface area contributed by atoms with Gasteiger partial charge in [-0.15, -0.1) is 0 Å². The van der Waals surface area contributed by atoms with Gasteiger partial charge < -0.3 is 16.4 Å². The first-order chi connectivity index (χ1) is 14.0. The number of rotatable bonds is 6. The van der Waals surface area contributed by atoms with Crippen LogP contribution in [0.5, 0.6) is 0 Å². The molecule has 0 radical (unpaired) electrons. The van der Waals surface area contributed by atoms with E-state index >= 15 is 0 Å². The first-order valence-electron chi connectivity index (χ1n) is 9.16. The summed E-state index contributed by atoms with van der Waals surface area (Å²) in [5, 5.41) is 5.41. The summed E-state index contributed by atoms with van der Waals surface area (Å²) in [7, 11) is 0. The van der Waals surface area contributed by atoms with Crippen LogP contribution in [0.1, 0.15) is 35.3 Å². The lowest BCUT2D eigenvalue weighted by Crippen LogP contribution is -2.21. The molecule has 1 heterocycles. The molecule has 29 heavy (non-hydrogen) atoms. The summed E-state index contributed by atoms with van der Waals surface area (Å²) in [4.78, 5) is 29.0. The largest absolute Gasteiger partial charge is 0.397 e. The average Bonchev–Trinajstić information content (AvgIpc) is 2.72. The molecule has 2 aromatic carbocycles. The number of hydrogen-bond acceptors (Lipinski definition) is 4. The third-order valence-electron chi connectivity index (χ3n) is 4.45. The van der Waals surface area contributed by atoms with Crippen molar-refractivity contribution >= 4 is 28.9 Å². The summed E-state index contributed by atoms with van der Waals surface area (Å²) in [5.74, 6) is -1.39. The number of benzene rings is 2. The van der Waals surface area contributed by atoms with Crippen LogP contribution in [0.2, 0.25) is 0 Å². The van der Waals surface area contributed by atoms with Gasteiger partial charge in [0.2, 0.25) is 5.91 Å². The number of nitrogens with two attached hydrogens (primary N) is 1. The first-order valence-corrected chi connectivity index (χ1v) is 9.16. The number of carbonyl (C=O) groups excluding carboxylic acids is 2. The second kappa shape index (κ2) is 8.97. The number of nitrogen functional groups attached to an aromatic ring is 1. The molecule has 3 rings (SSSR count).